The van der Waals surface area contributed by atoms with Crippen LogP contribution >= 0.6 is 0 Å². The van der Waals surface area contributed by atoms with Crippen molar-refractivity contribution in [2.45, 2.75) is 57.7 Å². The first-order valence-corrected chi connectivity index (χ1v) is 18.2. The molecule has 10 nitrogen and oxygen atoms in total. The number of amides is 2. The minimum atomic E-state index is -0.618. The number of rotatable bonds is 9. The molecule has 0 spiro atoms. The lowest BCUT2D eigenvalue weighted by atomic mass is 9.99. The van der Waals surface area contributed by atoms with Crippen molar-refractivity contribution in [2.24, 2.45) is 5.92 Å². The number of anilines is 1. The number of likely N-dealkylation sites (tertiary alicyclic amines) is 2. The first kappa shape index (κ1) is 34.4. The van der Waals surface area contributed by atoms with Crippen molar-refractivity contribution in [1.82, 2.24) is 25.0 Å². The molecule has 0 saturated carbocycles. The van der Waals surface area contributed by atoms with E-state index in [1.165, 1.54) is 12.1 Å². The Morgan fingerprint density at radius 1 is 0.960 bits per heavy atom. The lowest BCUT2D eigenvalue weighted by Crippen LogP contribution is -2.49. The van der Waals surface area contributed by atoms with Crippen LogP contribution in [-0.4, -0.2) is 110 Å². The average molecular weight is 685 g/mol. The van der Waals surface area contributed by atoms with Crippen LogP contribution in [0.1, 0.15) is 54.9 Å². The molecule has 266 valence electrons. The molecule has 0 radical (unpaired) electrons. The Morgan fingerprint density at radius 3 is 2.34 bits per heavy atom. The van der Waals surface area contributed by atoms with Crippen LogP contribution in [0.2, 0.25) is 0 Å². The van der Waals surface area contributed by atoms with Crippen molar-refractivity contribution in [3.8, 4) is 22.6 Å². The van der Waals surface area contributed by atoms with Gasteiger partial charge in [0.25, 0.3) is 5.91 Å². The van der Waals surface area contributed by atoms with E-state index in [-0.39, 0.29) is 30.0 Å². The summed E-state index contributed by atoms with van der Waals surface area (Å²) in [5.41, 5.74) is 2.46. The molecule has 4 saturated heterocycles. The molecule has 4 aliphatic rings. The molecule has 1 atom stereocenters. The van der Waals surface area contributed by atoms with Crippen LogP contribution in [0.4, 0.5) is 10.2 Å². The summed E-state index contributed by atoms with van der Waals surface area (Å²) in [6.45, 7) is 10.2. The molecule has 4 aliphatic heterocycles. The van der Waals surface area contributed by atoms with E-state index in [2.05, 4.69) is 39.2 Å². The Kier molecular flexibility index (Phi) is 10.6. The number of nitrogens with zero attached hydrogens (tertiary/aromatic N) is 5. The fraction of sp³-hybridized carbons (Fsp3) is 0.513. The molecule has 7 rings (SSSR count). The zero-order valence-electron chi connectivity index (χ0n) is 29.3. The van der Waals surface area contributed by atoms with Gasteiger partial charge in [-0.25, -0.2) is 9.37 Å². The van der Waals surface area contributed by atoms with Crippen molar-refractivity contribution in [3.63, 3.8) is 0 Å². The molecule has 4 fully saturated rings. The van der Waals surface area contributed by atoms with Gasteiger partial charge in [0.15, 0.2) is 0 Å². The number of piperazine rings is 1. The summed E-state index contributed by atoms with van der Waals surface area (Å²) < 4.78 is 27.6. The minimum Gasteiger partial charge on any atom is -0.457 e. The maximum Gasteiger partial charge on any atom is 0.254 e. The Hall–Kier alpha value is -4.06. The lowest BCUT2D eigenvalue weighted by Gasteiger charge is -2.39. The third kappa shape index (κ3) is 8.11. The second kappa shape index (κ2) is 15.4. The summed E-state index contributed by atoms with van der Waals surface area (Å²) in [6, 6.07) is 15.2. The number of nitrogens with one attached hydrogen (secondary N) is 1. The van der Waals surface area contributed by atoms with Gasteiger partial charge in [-0.2, -0.15) is 0 Å². The van der Waals surface area contributed by atoms with Gasteiger partial charge in [-0.15, -0.1) is 0 Å². The van der Waals surface area contributed by atoms with Crippen molar-refractivity contribution >= 4 is 17.6 Å². The van der Waals surface area contributed by atoms with E-state index >= 15 is 4.39 Å². The van der Waals surface area contributed by atoms with Crippen LogP contribution in [0.5, 0.6) is 11.5 Å². The van der Waals surface area contributed by atoms with E-state index in [1.807, 2.05) is 37.4 Å². The van der Waals surface area contributed by atoms with Crippen LogP contribution in [-0.2, 0) is 16.1 Å². The predicted molar refractivity (Wildman–Crippen MR) is 191 cm³/mol. The molecule has 2 amide bonds. The van der Waals surface area contributed by atoms with Gasteiger partial charge in [0, 0.05) is 101 Å². The number of carbonyl (C=O) groups is 2. The second-order valence-electron chi connectivity index (χ2n) is 14.5. The smallest absolute Gasteiger partial charge is 0.254 e. The molecule has 0 aliphatic carbocycles. The first-order chi connectivity index (χ1) is 24.3. The Morgan fingerprint density at radius 2 is 1.68 bits per heavy atom. The Bertz CT molecular complexity index is 1630. The molecule has 50 heavy (non-hydrogen) atoms. The first-order valence-electron chi connectivity index (χ1n) is 18.2. The highest BCUT2D eigenvalue weighted by Gasteiger charge is 2.30. The maximum absolute atomic E-state index is 15.7. The quantitative estimate of drug-likeness (QED) is 0.330. The topological polar surface area (TPSA) is 90.5 Å². The van der Waals surface area contributed by atoms with Gasteiger partial charge in [-0.1, -0.05) is 19.1 Å². The van der Waals surface area contributed by atoms with Crippen molar-refractivity contribution in [3.05, 3.63) is 71.7 Å². The highest BCUT2D eigenvalue weighted by molar-refractivity contribution is 5.95. The summed E-state index contributed by atoms with van der Waals surface area (Å²) >= 11 is 0. The van der Waals surface area contributed by atoms with E-state index in [4.69, 9.17) is 14.5 Å². The molecule has 11 heteroatoms. The van der Waals surface area contributed by atoms with Crippen molar-refractivity contribution in [2.75, 3.05) is 71.0 Å². The second-order valence-corrected chi connectivity index (χ2v) is 14.5. The molecule has 5 heterocycles. The number of piperidine rings is 1. The van der Waals surface area contributed by atoms with Crippen LogP contribution in [0.15, 0.2) is 54.7 Å². The number of likely N-dealkylation sites (N-methyl/N-ethyl adjacent to an activating group) is 1. The predicted octanol–water partition coefficient (Wildman–Crippen LogP) is 5.17. The zero-order valence-corrected chi connectivity index (χ0v) is 29.3. The molecular formula is C39H49FN6O4. The standard InChI is InChI=1S/C39H49FN6O4/c1-27-21-38(47)46(25-27)26-30-22-35(40)34(39(48)42-31-9-13-44(14-10-31)32-11-19-49-20-12-32)23-36(30)50-33-6-3-28(4-7-33)29-5-8-37(41-24-29)45-17-15-43(2)16-18-45/h3-8,22-24,27,31-32H,9-21,25-26H2,1-2H3,(H,42,48)/t27-/m0/s1. The van der Waals surface area contributed by atoms with Gasteiger partial charge in [0.05, 0.1) is 5.56 Å². The number of hydrogen-bond donors (Lipinski definition) is 1. The number of carbonyl (C=O) groups excluding carboxylic acids is 2. The fourth-order valence-electron chi connectivity index (χ4n) is 7.66. The van der Waals surface area contributed by atoms with Crippen LogP contribution in [0.25, 0.3) is 11.1 Å². The van der Waals surface area contributed by atoms with Gasteiger partial charge in [0.1, 0.15) is 23.1 Å². The van der Waals surface area contributed by atoms with Crippen molar-refractivity contribution in [1.29, 1.82) is 0 Å². The lowest BCUT2D eigenvalue weighted by molar-refractivity contribution is -0.128. The normalized spacial score (nSPS) is 21.5. The van der Waals surface area contributed by atoms with E-state index < -0.39 is 11.7 Å². The van der Waals surface area contributed by atoms with Gasteiger partial charge in [-0.05, 0) is 80.6 Å². The largest absolute Gasteiger partial charge is 0.457 e. The summed E-state index contributed by atoms with van der Waals surface area (Å²) in [7, 11) is 2.14. The number of hydrogen-bond acceptors (Lipinski definition) is 8. The van der Waals surface area contributed by atoms with E-state index in [0.29, 0.717) is 36.1 Å². The number of benzene rings is 2. The molecule has 1 N–H and O–H groups in total. The number of halogens is 1. The van der Waals surface area contributed by atoms with E-state index in [9.17, 15) is 9.59 Å². The molecule has 2 aromatic carbocycles. The third-order valence-electron chi connectivity index (χ3n) is 10.7. The van der Waals surface area contributed by atoms with Crippen LogP contribution in [0.3, 0.4) is 0 Å². The maximum atomic E-state index is 15.7. The zero-order chi connectivity index (χ0) is 34.6. The van der Waals surface area contributed by atoms with E-state index in [1.54, 1.807) is 4.90 Å². The summed E-state index contributed by atoms with van der Waals surface area (Å²) in [4.78, 5) is 39.8. The number of ether oxygens (including phenoxy) is 2. The number of pyridine rings is 1. The number of aromatic nitrogens is 1. The monoisotopic (exact) mass is 684 g/mol. The third-order valence-corrected chi connectivity index (χ3v) is 10.7. The highest BCUT2D eigenvalue weighted by Crippen LogP contribution is 2.33. The van der Waals surface area contributed by atoms with Gasteiger partial charge < -0.3 is 34.4 Å². The molecule has 1 aromatic heterocycles. The average Bonchev–Trinajstić information content (AvgIpc) is 3.46. The Labute approximate surface area is 294 Å². The van der Waals surface area contributed by atoms with Gasteiger partial charge >= 0.3 is 0 Å². The minimum absolute atomic E-state index is 0.0246. The summed E-state index contributed by atoms with van der Waals surface area (Å²) in [5.74, 6) is 1.11. The van der Waals surface area contributed by atoms with Gasteiger partial charge in [0.2, 0.25) is 5.91 Å². The summed E-state index contributed by atoms with van der Waals surface area (Å²) in [6.07, 6.45) is 6.10. The van der Waals surface area contributed by atoms with Gasteiger partial charge in [-0.3, -0.25) is 9.59 Å². The summed E-state index contributed by atoms with van der Waals surface area (Å²) in [5, 5.41) is 3.09. The molecule has 0 bridgehead atoms. The molecule has 3 aromatic rings. The van der Waals surface area contributed by atoms with E-state index in [0.717, 1.165) is 95.1 Å². The SMILES string of the molecule is C[C@H]1CC(=O)N(Cc2cc(F)c(C(=O)NC3CCN(C4CCOCC4)CC3)cc2Oc2ccc(-c3ccc(N4CCN(C)CC4)nc3)cc2)C1. The fourth-order valence-corrected chi connectivity index (χ4v) is 7.66. The van der Waals surface area contributed by atoms with Crippen LogP contribution < -0.4 is 15.0 Å². The molecular weight excluding hydrogens is 635 g/mol. The van der Waals surface area contributed by atoms with Crippen LogP contribution in [0, 0.1) is 11.7 Å². The highest BCUT2D eigenvalue weighted by atomic mass is 19.1. The molecule has 0 unspecified atom stereocenters. The van der Waals surface area contributed by atoms with Crippen molar-refractivity contribution < 1.29 is 23.5 Å². The Balaban J connectivity index is 1.05.